The van der Waals surface area contributed by atoms with Crippen LogP contribution in [0.1, 0.15) is 37.6 Å². The largest absolute Gasteiger partial charge is 0.382 e. The van der Waals surface area contributed by atoms with Crippen molar-refractivity contribution in [2.75, 3.05) is 25.1 Å². The fraction of sp³-hybridized carbons (Fsp3) is 0.381. The van der Waals surface area contributed by atoms with E-state index in [1.807, 2.05) is 6.92 Å². The van der Waals surface area contributed by atoms with Gasteiger partial charge >= 0.3 is 0 Å². The molecule has 0 bridgehead atoms. The van der Waals surface area contributed by atoms with E-state index < -0.39 is 23.6 Å². The van der Waals surface area contributed by atoms with Gasteiger partial charge in [0.2, 0.25) is 0 Å². The molecular weight excluding hydrogens is 426 g/mol. The van der Waals surface area contributed by atoms with E-state index in [1.54, 1.807) is 24.8 Å². The molecule has 1 aliphatic heterocycles. The van der Waals surface area contributed by atoms with E-state index >= 15 is 0 Å². The van der Waals surface area contributed by atoms with Crippen molar-refractivity contribution in [1.29, 1.82) is 0 Å². The molecule has 1 aromatic carbocycles. The summed E-state index contributed by atoms with van der Waals surface area (Å²) in [5, 5.41) is 9.82. The third-order valence-corrected chi connectivity index (χ3v) is 5.20. The van der Waals surface area contributed by atoms with E-state index in [1.165, 1.54) is 6.07 Å². The minimum Gasteiger partial charge on any atom is -0.382 e. The number of nitrogens with zero attached hydrogens (tertiary/aromatic N) is 2. The zero-order chi connectivity index (χ0) is 22.5. The first-order valence-electron chi connectivity index (χ1n) is 9.88. The van der Waals surface area contributed by atoms with Crippen molar-refractivity contribution in [3.05, 3.63) is 58.5 Å². The molecule has 0 spiro atoms. The van der Waals surface area contributed by atoms with Crippen LogP contribution < -0.4 is 10.6 Å². The first-order chi connectivity index (χ1) is 14.8. The average Bonchev–Trinajstić information content (AvgIpc) is 3.11. The van der Waals surface area contributed by atoms with Crippen molar-refractivity contribution in [3.63, 3.8) is 0 Å². The molecule has 2 heterocycles. The number of ether oxygens (including phenoxy) is 1. The zero-order valence-electron chi connectivity index (χ0n) is 17.5. The van der Waals surface area contributed by atoms with Crippen LogP contribution in [-0.4, -0.2) is 40.8 Å². The van der Waals surface area contributed by atoms with Gasteiger partial charge < -0.3 is 24.8 Å². The number of hydrogen-bond acceptors (Lipinski definition) is 5. The third kappa shape index (κ3) is 5.26. The number of benzene rings is 1. The summed E-state index contributed by atoms with van der Waals surface area (Å²) in [4.78, 5) is 15.0. The highest BCUT2D eigenvalue weighted by atomic mass is 32.1. The Morgan fingerprint density at radius 1 is 1.35 bits per heavy atom. The van der Waals surface area contributed by atoms with E-state index in [-0.39, 0.29) is 17.0 Å². The van der Waals surface area contributed by atoms with Gasteiger partial charge in [-0.1, -0.05) is 11.2 Å². The lowest BCUT2D eigenvalue weighted by Gasteiger charge is -2.38. The van der Waals surface area contributed by atoms with Crippen LogP contribution in [0.4, 0.5) is 14.6 Å². The summed E-state index contributed by atoms with van der Waals surface area (Å²) in [5.74, 6) is -1.22. The summed E-state index contributed by atoms with van der Waals surface area (Å²) >= 11 is 5.49. The number of aryl methyl sites for hydroxylation is 1. The smallest absolute Gasteiger partial charge is 0.257 e. The standard InChI is InChI=1S/C21H24F2N4O3S/c1-4-29-9-5-8-27-13(3)18(20(28)24-17-10-12(2)30-26-17)19(25-21(27)31)15-7-6-14(22)11-16(15)23/h6-7,10-11,19H,4-5,8-9H2,1-3H3,(H,25,31)(H,24,26,28). The highest BCUT2D eigenvalue weighted by Crippen LogP contribution is 2.33. The van der Waals surface area contributed by atoms with Gasteiger partial charge in [0.15, 0.2) is 10.9 Å². The summed E-state index contributed by atoms with van der Waals surface area (Å²) in [6.45, 7) is 7.01. The van der Waals surface area contributed by atoms with E-state index in [4.69, 9.17) is 21.5 Å². The molecule has 1 aromatic heterocycles. The van der Waals surface area contributed by atoms with Crippen LogP contribution in [0, 0.1) is 18.6 Å². The molecule has 31 heavy (non-hydrogen) atoms. The Kier molecular flexibility index (Phi) is 7.34. The first-order valence-corrected chi connectivity index (χ1v) is 10.3. The lowest BCUT2D eigenvalue weighted by Crippen LogP contribution is -2.49. The monoisotopic (exact) mass is 450 g/mol. The molecule has 2 N–H and O–H groups in total. The predicted octanol–water partition coefficient (Wildman–Crippen LogP) is 3.83. The number of hydrogen-bond donors (Lipinski definition) is 2. The maximum atomic E-state index is 14.6. The number of rotatable bonds is 8. The molecule has 0 saturated carbocycles. The van der Waals surface area contributed by atoms with Gasteiger partial charge in [0.05, 0.1) is 11.6 Å². The molecule has 7 nitrogen and oxygen atoms in total. The number of carbonyl (C=O) groups excluding carboxylic acids is 1. The van der Waals surface area contributed by atoms with Crippen molar-refractivity contribution in [3.8, 4) is 0 Å². The molecule has 3 rings (SSSR count). The topological polar surface area (TPSA) is 79.6 Å². The summed E-state index contributed by atoms with van der Waals surface area (Å²) in [6, 6.07) is 3.90. The van der Waals surface area contributed by atoms with Gasteiger partial charge in [0, 0.05) is 43.2 Å². The van der Waals surface area contributed by atoms with Crippen molar-refractivity contribution in [1.82, 2.24) is 15.4 Å². The molecule has 1 atom stereocenters. The van der Waals surface area contributed by atoms with Gasteiger partial charge in [-0.05, 0) is 45.5 Å². The van der Waals surface area contributed by atoms with Gasteiger partial charge in [-0.2, -0.15) is 0 Å². The van der Waals surface area contributed by atoms with Crippen LogP contribution in [-0.2, 0) is 9.53 Å². The van der Waals surface area contributed by atoms with Crippen LogP contribution in [0.5, 0.6) is 0 Å². The Labute approximate surface area is 184 Å². The summed E-state index contributed by atoms with van der Waals surface area (Å²) < 4.78 is 38.4. The maximum absolute atomic E-state index is 14.6. The Balaban J connectivity index is 1.97. The average molecular weight is 451 g/mol. The Morgan fingerprint density at radius 3 is 2.77 bits per heavy atom. The minimum absolute atomic E-state index is 0.110. The van der Waals surface area contributed by atoms with Crippen molar-refractivity contribution in [2.24, 2.45) is 0 Å². The molecule has 0 fully saturated rings. The fourth-order valence-corrected chi connectivity index (χ4v) is 3.74. The second-order valence-corrected chi connectivity index (χ2v) is 7.41. The van der Waals surface area contributed by atoms with Gasteiger partial charge in [-0.15, -0.1) is 0 Å². The summed E-state index contributed by atoms with van der Waals surface area (Å²) in [7, 11) is 0. The van der Waals surface area contributed by atoms with E-state index in [2.05, 4.69) is 15.8 Å². The number of nitrogens with one attached hydrogen (secondary N) is 2. The zero-order valence-corrected chi connectivity index (χ0v) is 18.3. The second kappa shape index (κ2) is 9.97. The minimum atomic E-state index is -0.899. The van der Waals surface area contributed by atoms with Crippen molar-refractivity contribution < 1.29 is 22.8 Å². The number of carbonyl (C=O) groups is 1. The first kappa shape index (κ1) is 22.8. The van der Waals surface area contributed by atoms with Gasteiger partial charge in [0.25, 0.3) is 5.91 Å². The third-order valence-electron chi connectivity index (χ3n) is 4.86. The molecule has 1 aliphatic rings. The predicted molar refractivity (Wildman–Crippen MR) is 115 cm³/mol. The molecular formula is C21H24F2N4O3S. The van der Waals surface area contributed by atoms with Crippen LogP contribution >= 0.6 is 12.2 Å². The number of halogens is 2. The van der Waals surface area contributed by atoms with Crippen molar-refractivity contribution in [2.45, 2.75) is 33.2 Å². The quantitative estimate of drug-likeness (QED) is 0.467. The van der Waals surface area contributed by atoms with Crippen molar-refractivity contribution >= 4 is 29.1 Å². The van der Waals surface area contributed by atoms with Crippen LogP contribution in [0.2, 0.25) is 0 Å². The second-order valence-electron chi connectivity index (χ2n) is 7.03. The van der Waals surface area contributed by atoms with E-state index in [9.17, 15) is 13.6 Å². The molecule has 10 heteroatoms. The fourth-order valence-electron chi connectivity index (χ4n) is 3.39. The molecule has 0 radical (unpaired) electrons. The number of anilines is 1. The highest BCUT2D eigenvalue weighted by molar-refractivity contribution is 7.80. The number of allylic oxidation sites excluding steroid dienone is 1. The van der Waals surface area contributed by atoms with E-state index in [0.29, 0.717) is 42.7 Å². The normalized spacial score (nSPS) is 16.5. The molecule has 0 aliphatic carbocycles. The van der Waals surface area contributed by atoms with Crippen LogP contribution in [0.3, 0.4) is 0 Å². The Morgan fingerprint density at radius 2 is 2.13 bits per heavy atom. The maximum Gasteiger partial charge on any atom is 0.257 e. The number of amides is 1. The Hall–Kier alpha value is -2.85. The van der Waals surface area contributed by atoms with Gasteiger partial charge in [-0.3, -0.25) is 4.79 Å². The lowest BCUT2D eigenvalue weighted by atomic mass is 9.93. The SMILES string of the molecule is CCOCCCN1C(=S)NC(c2ccc(F)cc2F)C(C(=O)Nc2cc(C)on2)=C1C. The molecule has 2 aromatic rings. The molecule has 1 unspecified atom stereocenters. The molecule has 0 saturated heterocycles. The number of thiocarbonyl (C=S) groups is 1. The Bertz CT molecular complexity index is 1010. The summed E-state index contributed by atoms with van der Waals surface area (Å²) in [6.07, 6.45) is 0.681. The number of aromatic nitrogens is 1. The highest BCUT2D eigenvalue weighted by Gasteiger charge is 2.35. The van der Waals surface area contributed by atoms with Crippen LogP contribution in [0.25, 0.3) is 0 Å². The molecule has 1 amide bonds. The van der Waals surface area contributed by atoms with Gasteiger partial charge in [-0.25, -0.2) is 8.78 Å². The van der Waals surface area contributed by atoms with Gasteiger partial charge in [0.1, 0.15) is 17.4 Å². The van der Waals surface area contributed by atoms with Crippen LogP contribution in [0.15, 0.2) is 40.1 Å². The lowest BCUT2D eigenvalue weighted by molar-refractivity contribution is -0.113. The summed E-state index contributed by atoms with van der Waals surface area (Å²) in [5.41, 5.74) is 0.918. The molecule has 166 valence electrons. The van der Waals surface area contributed by atoms with E-state index in [0.717, 1.165) is 12.1 Å².